The lowest BCUT2D eigenvalue weighted by Crippen LogP contribution is -2.46. The van der Waals surface area contributed by atoms with Gasteiger partial charge in [-0.1, -0.05) is 24.3 Å². The maximum absolute atomic E-state index is 13.5. The fourth-order valence-electron chi connectivity index (χ4n) is 2.81. The van der Waals surface area contributed by atoms with E-state index in [0.29, 0.717) is 10.8 Å². The van der Waals surface area contributed by atoms with Gasteiger partial charge in [0.05, 0.1) is 0 Å². The van der Waals surface area contributed by atoms with Gasteiger partial charge in [-0.25, -0.2) is 0 Å². The van der Waals surface area contributed by atoms with Crippen LogP contribution in [0.2, 0.25) is 0 Å². The Labute approximate surface area is 119 Å². The lowest BCUT2D eigenvalue weighted by Gasteiger charge is -2.29. The number of fused-ring (bicyclic) bond motifs is 1. The number of alkyl halides is 3. The smallest absolute Gasteiger partial charge is 0.315 e. The third kappa shape index (κ3) is 2.10. The molecular weight excluding hydrogens is 281 g/mol. The highest BCUT2D eigenvalue weighted by Gasteiger charge is 2.61. The number of pyridine rings is 1. The van der Waals surface area contributed by atoms with Crippen molar-refractivity contribution in [3.05, 3.63) is 42.2 Å². The van der Waals surface area contributed by atoms with Crippen molar-refractivity contribution in [3.8, 4) is 0 Å². The molecule has 1 N–H and O–H groups in total. The SMILES string of the molecule is O=C(c1cncc2ccccc12)C1(C(F)(F)F)CCNC1. The molecule has 110 valence electrons. The molecule has 21 heavy (non-hydrogen) atoms. The van der Waals surface area contributed by atoms with Crippen LogP contribution in [0.15, 0.2) is 36.7 Å². The minimum Gasteiger partial charge on any atom is -0.315 e. The molecule has 6 heteroatoms. The molecule has 0 radical (unpaired) electrons. The second kappa shape index (κ2) is 4.80. The number of nitrogens with one attached hydrogen (secondary N) is 1. The lowest BCUT2D eigenvalue weighted by molar-refractivity contribution is -0.197. The van der Waals surface area contributed by atoms with Gasteiger partial charge in [0.15, 0.2) is 5.78 Å². The minimum absolute atomic E-state index is 0.0362. The zero-order valence-electron chi connectivity index (χ0n) is 11.1. The molecule has 1 fully saturated rings. The number of benzene rings is 1. The quantitative estimate of drug-likeness (QED) is 0.866. The van der Waals surface area contributed by atoms with Gasteiger partial charge in [0.25, 0.3) is 0 Å². The molecule has 1 atom stereocenters. The van der Waals surface area contributed by atoms with E-state index < -0.39 is 17.4 Å². The molecule has 1 aromatic carbocycles. The molecule has 3 nitrogen and oxygen atoms in total. The molecular formula is C15H13F3N2O. The third-order valence-corrected chi connectivity index (χ3v) is 4.05. The van der Waals surface area contributed by atoms with Crippen molar-refractivity contribution in [2.45, 2.75) is 12.6 Å². The highest BCUT2D eigenvalue weighted by molar-refractivity contribution is 6.10. The zero-order valence-corrected chi connectivity index (χ0v) is 11.1. The molecule has 2 aromatic rings. The Morgan fingerprint density at radius 2 is 2.00 bits per heavy atom. The maximum atomic E-state index is 13.5. The van der Waals surface area contributed by atoms with Crippen molar-refractivity contribution in [1.82, 2.24) is 10.3 Å². The van der Waals surface area contributed by atoms with Gasteiger partial charge in [0, 0.05) is 29.9 Å². The van der Waals surface area contributed by atoms with Crippen LogP contribution in [0.25, 0.3) is 10.8 Å². The summed E-state index contributed by atoms with van der Waals surface area (Å²) in [6, 6.07) is 6.84. The molecule has 1 aliphatic heterocycles. The standard InChI is InChI=1S/C15H13F3N2O/c16-15(17,18)14(5-6-19-9-14)13(21)12-8-20-7-10-3-1-2-4-11(10)12/h1-4,7-8,19H,5-6,9H2. The summed E-state index contributed by atoms with van der Waals surface area (Å²) in [5, 5.41) is 3.82. The van der Waals surface area contributed by atoms with Crippen LogP contribution in [-0.4, -0.2) is 30.0 Å². The summed E-state index contributed by atoms with van der Waals surface area (Å²) in [5.41, 5.74) is -2.31. The van der Waals surface area contributed by atoms with E-state index in [1.165, 1.54) is 6.20 Å². The molecule has 0 bridgehead atoms. The van der Waals surface area contributed by atoms with Crippen LogP contribution in [0.5, 0.6) is 0 Å². The van der Waals surface area contributed by atoms with E-state index in [-0.39, 0.29) is 25.1 Å². The van der Waals surface area contributed by atoms with Gasteiger partial charge in [-0.3, -0.25) is 9.78 Å². The Hall–Kier alpha value is -1.95. The number of hydrogen-bond acceptors (Lipinski definition) is 3. The predicted molar refractivity (Wildman–Crippen MR) is 72.0 cm³/mol. The molecule has 0 amide bonds. The number of aromatic nitrogens is 1. The first-order chi connectivity index (χ1) is 9.96. The normalized spacial score (nSPS) is 22.6. The number of carbonyl (C=O) groups excluding carboxylic acids is 1. The molecule has 1 unspecified atom stereocenters. The number of nitrogens with zero attached hydrogens (tertiary/aromatic N) is 1. The largest absolute Gasteiger partial charge is 0.402 e. The number of Topliss-reactive ketones (excluding diaryl/α,β-unsaturated/α-hetero) is 1. The second-order valence-corrected chi connectivity index (χ2v) is 5.24. The first kappa shape index (κ1) is 14.0. The lowest BCUT2D eigenvalue weighted by atomic mass is 9.78. The number of hydrogen-bond donors (Lipinski definition) is 1. The van der Waals surface area contributed by atoms with E-state index in [2.05, 4.69) is 10.3 Å². The third-order valence-electron chi connectivity index (χ3n) is 4.05. The monoisotopic (exact) mass is 294 g/mol. The number of rotatable bonds is 2. The summed E-state index contributed by atoms with van der Waals surface area (Å²) in [6.45, 7) is -0.192. The summed E-state index contributed by atoms with van der Waals surface area (Å²) in [6.07, 6.45) is -2.04. The van der Waals surface area contributed by atoms with Crippen LogP contribution in [0.3, 0.4) is 0 Å². The Bertz CT molecular complexity index is 685. The fraction of sp³-hybridized carbons (Fsp3) is 0.333. The van der Waals surface area contributed by atoms with Crippen LogP contribution in [0.4, 0.5) is 13.2 Å². The Kier molecular flexibility index (Phi) is 3.20. The average Bonchev–Trinajstić information content (AvgIpc) is 2.96. The summed E-state index contributed by atoms with van der Waals surface area (Å²) in [5.74, 6) is -0.899. The van der Waals surface area contributed by atoms with Crippen molar-refractivity contribution >= 4 is 16.6 Å². The predicted octanol–water partition coefficient (Wildman–Crippen LogP) is 2.96. The summed E-state index contributed by atoms with van der Waals surface area (Å²) < 4.78 is 40.4. The molecule has 3 rings (SSSR count). The molecule has 0 aliphatic carbocycles. The molecule has 2 heterocycles. The van der Waals surface area contributed by atoms with Crippen LogP contribution in [-0.2, 0) is 0 Å². The second-order valence-electron chi connectivity index (χ2n) is 5.24. The zero-order chi connectivity index (χ0) is 15.1. The van der Waals surface area contributed by atoms with E-state index >= 15 is 0 Å². The van der Waals surface area contributed by atoms with E-state index in [1.807, 2.05) is 0 Å². The highest BCUT2D eigenvalue weighted by Crippen LogP contribution is 2.45. The first-order valence-electron chi connectivity index (χ1n) is 6.61. The van der Waals surface area contributed by atoms with Crippen molar-refractivity contribution in [2.75, 3.05) is 13.1 Å². The van der Waals surface area contributed by atoms with Crippen LogP contribution in [0, 0.1) is 5.41 Å². The maximum Gasteiger partial charge on any atom is 0.402 e. The molecule has 0 spiro atoms. The summed E-state index contributed by atoms with van der Waals surface area (Å²) >= 11 is 0. The summed E-state index contributed by atoms with van der Waals surface area (Å²) in [7, 11) is 0. The Morgan fingerprint density at radius 1 is 1.24 bits per heavy atom. The van der Waals surface area contributed by atoms with Gasteiger partial charge >= 0.3 is 6.18 Å². The van der Waals surface area contributed by atoms with Crippen molar-refractivity contribution in [3.63, 3.8) is 0 Å². The number of halogens is 3. The van der Waals surface area contributed by atoms with Gasteiger partial charge < -0.3 is 5.32 Å². The van der Waals surface area contributed by atoms with Gasteiger partial charge in [0.2, 0.25) is 0 Å². The molecule has 0 saturated carbocycles. The van der Waals surface area contributed by atoms with Gasteiger partial charge in [-0.2, -0.15) is 13.2 Å². The van der Waals surface area contributed by atoms with Gasteiger partial charge in [0.1, 0.15) is 5.41 Å². The minimum atomic E-state index is -4.58. The van der Waals surface area contributed by atoms with Crippen LogP contribution in [0.1, 0.15) is 16.8 Å². The molecule has 1 aromatic heterocycles. The van der Waals surface area contributed by atoms with Crippen molar-refractivity contribution in [2.24, 2.45) is 5.41 Å². The molecule has 1 saturated heterocycles. The average molecular weight is 294 g/mol. The molecule has 1 aliphatic rings. The van der Waals surface area contributed by atoms with Crippen LogP contribution < -0.4 is 5.32 Å². The van der Waals surface area contributed by atoms with Crippen molar-refractivity contribution in [1.29, 1.82) is 0 Å². The van der Waals surface area contributed by atoms with Gasteiger partial charge in [-0.15, -0.1) is 0 Å². The topological polar surface area (TPSA) is 42.0 Å². The number of ketones is 1. The highest BCUT2D eigenvalue weighted by atomic mass is 19.4. The van der Waals surface area contributed by atoms with E-state index in [4.69, 9.17) is 0 Å². The first-order valence-corrected chi connectivity index (χ1v) is 6.61. The van der Waals surface area contributed by atoms with Gasteiger partial charge in [-0.05, 0) is 18.4 Å². The van der Waals surface area contributed by atoms with E-state index in [9.17, 15) is 18.0 Å². The van der Waals surface area contributed by atoms with Crippen LogP contribution >= 0.6 is 0 Å². The van der Waals surface area contributed by atoms with E-state index in [0.717, 1.165) is 0 Å². The van der Waals surface area contributed by atoms with Crippen molar-refractivity contribution < 1.29 is 18.0 Å². The Balaban J connectivity index is 2.16. The Morgan fingerprint density at radius 3 is 2.67 bits per heavy atom. The number of carbonyl (C=O) groups is 1. The summed E-state index contributed by atoms with van der Waals surface area (Å²) in [4.78, 5) is 16.5. The van der Waals surface area contributed by atoms with E-state index in [1.54, 1.807) is 30.5 Å². The fourth-order valence-corrected chi connectivity index (χ4v) is 2.81.